The number of amides is 1. The molecular formula is C12H16BrFN2O. The van der Waals surface area contributed by atoms with Gasteiger partial charge in [0.2, 0.25) is 5.91 Å². The monoisotopic (exact) mass is 302 g/mol. The molecule has 0 aliphatic carbocycles. The third kappa shape index (κ3) is 4.34. The molecule has 1 amide bonds. The molecule has 0 aromatic heterocycles. The average molecular weight is 303 g/mol. The van der Waals surface area contributed by atoms with Gasteiger partial charge in [0.05, 0.1) is 0 Å². The minimum Gasteiger partial charge on any atom is -0.373 e. The highest BCUT2D eigenvalue weighted by Crippen LogP contribution is 2.23. The summed E-state index contributed by atoms with van der Waals surface area (Å²) < 4.78 is 13.5. The first-order valence-corrected chi connectivity index (χ1v) is 6.21. The Kier molecular flexibility index (Phi) is 4.93. The van der Waals surface area contributed by atoms with Crippen molar-refractivity contribution in [1.29, 1.82) is 0 Å². The van der Waals surface area contributed by atoms with Gasteiger partial charge < -0.3 is 10.6 Å². The number of halogens is 2. The molecule has 0 heterocycles. The van der Waals surface area contributed by atoms with Crippen molar-refractivity contribution in [2.24, 2.45) is 0 Å². The van der Waals surface area contributed by atoms with Crippen molar-refractivity contribution in [3.63, 3.8) is 0 Å². The first kappa shape index (κ1) is 14.0. The summed E-state index contributed by atoms with van der Waals surface area (Å²) in [5, 5.41) is 5.82. The largest absolute Gasteiger partial charge is 0.373 e. The second-order valence-corrected chi connectivity index (χ2v) is 5.01. The predicted molar refractivity (Wildman–Crippen MR) is 70.5 cm³/mol. The topological polar surface area (TPSA) is 41.1 Å². The van der Waals surface area contributed by atoms with Gasteiger partial charge >= 0.3 is 0 Å². The van der Waals surface area contributed by atoms with E-state index in [-0.39, 0.29) is 23.8 Å². The second kappa shape index (κ2) is 6.00. The minimum absolute atomic E-state index is 0.0868. The zero-order valence-corrected chi connectivity index (χ0v) is 11.6. The molecule has 3 nitrogen and oxygen atoms in total. The smallest absolute Gasteiger partial charge is 0.242 e. The number of hydrogen-bond acceptors (Lipinski definition) is 2. The highest BCUT2D eigenvalue weighted by atomic mass is 79.9. The molecule has 1 aromatic rings. The van der Waals surface area contributed by atoms with E-state index in [0.29, 0.717) is 10.2 Å². The van der Waals surface area contributed by atoms with Crippen LogP contribution in [0.25, 0.3) is 0 Å². The molecule has 0 saturated heterocycles. The summed E-state index contributed by atoms with van der Waals surface area (Å²) in [6.45, 7) is 5.56. The average Bonchev–Trinajstić information content (AvgIpc) is 2.21. The van der Waals surface area contributed by atoms with Gasteiger partial charge in [-0.05, 0) is 54.9 Å². The highest BCUT2D eigenvalue weighted by Gasteiger charge is 2.14. The molecule has 0 aliphatic rings. The lowest BCUT2D eigenvalue weighted by Crippen LogP contribution is -2.41. The summed E-state index contributed by atoms with van der Waals surface area (Å²) in [4.78, 5) is 11.7. The number of benzene rings is 1. The van der Waals surface area contributed by atoms with Crippen LogP contribution in [-0.2, 0) is 4.79 Å². The maximum Gasteiger partial charge on any atom is 0.242 e. The number of rotatable bonds is 4. The first-order chi connectivity index (χ1) is 7.90. The summed E-state index contributed by atoms with van der Waals surface area (Å²) in [5.41, 5.74) is 0.692. The van der Waals surface area contributed by atoms with Crippen molar-refractivity contribution in [2.75, 3.05) is 5.32 Å². The lowest BCUT2D eigenvalue weighted by atomic mass is 10.2. The fourth-order valence-corrected chi connectivity index (χ4v) is 1.78. The Morgan fingerprint density at radius 2 is 2.00 bits per heavy atom. The zero-order valence-electron chi connectivity index (χ0n) is 10.1. The first-order valence-electron chi connectivity index (χ1n) is 5.42. The Morgan fingerprint density at radius 1 is 1.35 bits per heavy atom. The van der Waals surface area contributed by atoms with E-state index in [1.807, 2.05) is 13.8 Å². The van der Waals surface area contributed by atoms with Crippen LogP contribution in [0.5, 0.6) is 0 Å². The Labute approximate surface area is 109 Å². The normalized spacial score (nSPS) is 12.4. The zero-order chi connectivity index (χ0) is 13.0. The molecule has 0 saturated carbocycles. The van der Waals surface area contributed by atoms with E-state index in [2.05, 4.69) is 26.6 Å². The summed E-state index contributed by atoms with van der Waals surface area (Å²) >= 11 is 3.24. The molecule has 1 rings (SSSR count). The van der Waals surface area contributed by atoms with E-state index in [1.165, 1.54) is 12.1 Å². The molecule has 0 radical (unpaired) electrons. The van der Waals surface area contributed by atoms with Crippen LogP contribution < -0.4 is 10.6 Å². The quantitative estimate of drug-likeness (QED) is 0.898. The van der Waals surface area contributed by atoms with Gasteiger partial charge in [-0.2, -0.15) is 0 Å². The fraction of sp³-hybridized carbons (Fsp3) is 0.417. The van der Waals surface area contributed by atoms with Crippen LogP contribution in [0.1, 0.15) is 20.8 Å². The molecule has 1 aromatic carbocycles. The highest BCUT2D eigenvalue weighted by molar-refractivity contribution is 9.10. The Morgan fingerprint density at radius 3 is 2.53 bits per heavy atom. The van der Waals surface area contributed by atoms with Crippen molar-refractivity contribution in [3.8, 4) is 0 Å². The van der Waals surface area contributed by atoms with Crippen LogP contribution in [0.15, 0.2) is 22.7 Å². The van der Waals surface area contributed by atoms with Crippen LogP contribution in [0.2, 0.25) is 0 Å². The van der Waals surface area contributed by atoms with E-state index in [4.69, 9.17) is 0 Å². The van der Waals surface area contributed by atoms with Gasteiger partial charge in [0.15, 0.2) is 0 Å². The van der Waals surface area contributed by atoms with Crippen LogP contribution in [0, 0.1) is 5.82 Å². The standard InChI is InChI=1S/C12H16BrFN2O/c1-7(2)15-12(17)8(3)16-11-5-4-9(14)6-10(11)13/h4-8,16H,1-3H3,(H,15,17). The van der Waals surface area contributed by atoms with E-state index in [1.54, 1.807) is 13.0 Å². The molecule has 1 unspecified atom stereocenters. The third-order valence-corrected chi connectivity index (χ3v) is 2.78. The van der Waals surface area contributed by atoms with Crippen LogP contribution >= 0.6 is 15.9 Å². The Bertz CT molecular complexity index is 409. The van der Waals surface area contributed by atoms with Crippen molar-refractivity contribution in [2.45, 2.75) is 32.9 Å². The molecule has 1 atom stereocenters. The van der Waals surface area contributed by atoms with Gasteiger partial charge in [-0.25, -0.2) is 4.39 Å². The predicted octanol–water partition coefficient (Wildman–Crippen LogP) is 2.91. The molecule has 0 bridgehead atoms. The van der Waals surface area contributed by atoms with Gasteiger partial charge in [-0.1, -0.05) is 0 Å². The number of carbonyl (C=O) groups excluding carboxylic acids is 1. The minimum atomic E-state index is -0.376. The molecule has 0 spiro atoms. The second-order valence-electron chi connectivity index (χ2n) is 4.15. The van der Waals surface area contributed by atoms with Crippen molar-refractivity contribution >= 4 is 27.5 Å². The maximum absolute atomic E-state index is 12.9. The number of carbonyl (C=O) groups is 1. The molecule has 2 N–H and O–H groups in total. The van der Waals surface area contributed by atoms with Crippen LogP contribution in [0.3, 0.4) is 0 Å². The molecule has 5 heteroatoms. The number of nitrogens with one attached hydrogen (secondary N) is 2. The molecular weight excluding hydrogens is 287 g/mol. The Hall–Kier alpha value is -1.10. The number of hydrogen-bond donors (Lipinski definition) is 2. The number of anilines is 1. The van der Waals surface area contributed by atoms with E-state index in [9.17, 15) is 9.18 Å². The molecule has 94 valence electrons. The van der Waals surface area contributed by atoms with Crippen LogP contribution in [0.4, 0.5) is 10.1 Å². The molecule has 0 fully saturated rings. The summed E-state index contributed by atoms with van der Waals surface area (Å²) in [6.07, 6.45) is 0. The SMILES string of the molecule is CC(C)NC(=O)C(C)Nc1ccc(F)cc1Br. The fourth-order valence-electron chi connectivity index (χ4n) is 1.31. The van der Waals surface area contributed by atoms with Crippen molar-refractivity contribution in [3.05, 3.63) is 28.5 Å². The van der Waals surface area contributed by atoms with Crippen LogP contribution in [-0.4, -0.2) is 18.0 Å². The van der Waals surface area contributed by atoms with E-state index in [0.717, 1.165) is 0 Å². The van der Waals surface area contributed by atoms with Crippen molar-refractivity contribution in [1.82, 2.24) is 5.32 Å². The summed E-state index contributed by atoms with van der Waals surface area (Å²) in [7, 11) is 0. The maximum atomic E-state index is 12.9. The van der Waals surface area contributed by atoms with Gasteiger partial charge in [0.1, 0.15) is 11.9 Å². The summed E-state index contributed by atoms with van der Waals surface area (Å²) in [6, 6.07) is 4.02. The summed E-state index contributed by atoms with van der Waals surface area (Å²) in [5.74, 6) is -0.405. The van der Waals surface area contributed by atoms with Gasteiger partial charge in [-0.15, -0.1) is 0 Å². The van der Waals surface area contributed by atoms with Gasteiger partial charge in [-0.3, -0.25) is 4.79 Å². The van der Waals surface area contributed by atoms with Gasteiger partial charge in [0, 0.05) is 16.2 Å². The van der Waals surface area contributed by atoms with Crippen molar-refractivity contribution < 1.29 is 9.18 Å². The third-order valence-electron chi connectivity index (χ3n) is 2.13. The Balaban J connectivity index is 2.67. The van der Waals surface area contributed by atoms with E-state index < -0.39 is 0 Å². The lowest BCUT2D eigenvalue weighted by molar-refractivity contribution is -0.122. The van der Waals surface area contributed by atoms with E-state index >= 15 is 0 Å². The van der Waals surface area contributed by atoms with Gasteiger partial charge in [0.25, 0.3) is 0 Å². The molecule has 17 heavy (non-hydrogen) atoms. The molecule has 0 aliphatic heterocycles. The lowest BCUT2D eigenvalue weighted by Gasteiger charge is -2.17.